The number of nitrogens with zero attached hydrogens (tertiary/aromatic N) is 1. The van der Waals surface area contributed by atoms with Crippen LogP contribution in [0.1, 0.15) is 92.0 Å². The van der Waals surface area contributed by atoms with Gasteiger partial charge in [0.15, 0.2) is 0 Å². The zero-order valence-corrected chi connectivity index (χ0v) is 42.4. The second kappa shape index (κ2) is 18.1. The van der Waals surface area contributed by atoms with Gasteiger partial charge in [0.05, 0.1) is 5.69 Å². The van der Waals surface area contributed by atoms with E-state index in [9.17, 15) is 0 Å². The third-order valence-corrected chi connectivity index (χ3v) is 17.1. The molecule has 0 atom stereocenters. The minimum absolute atomic E-state index is 1.12. The summed E-state index contributed by atoms with van der Waals surface area (Å²) in [4.78, 5) is 2.46. The Labute approximate surface area is 439 Å². The predicted octanol–water partition coefficient (Wildman–Crippen LogP) is 21.5. The Morgan fingerprint density at radius 1 is 0.293 bits per heavy atom. The van der Waals surface area contributed by atoms with Crippen molar-refractivity contribution in [3.8, 4) is 0 Å². The van der Waals surface area contributed by atoms with Crippen LogP contribution >= 0.6 is 0 Å². The molecule has 0 aromatic heterocycles. The monoisotopic (exact) mass is 959 g/mol. The molecule has 0 heterocycles. The van der Waals surface area contributed by atoms with E-state index in [0.717, 1.165) is 17.1 Å². The molecule has 0 spiro atoms. The standard InChI is InChI=1S/C74H57N/c1-4-15-48(16-5-1)45-50-31-37-53(38-32-50)67(54-39-33-51(34-40-54)46-49-17-6-2-7-18-49)47-52-35-41-57(42-36-52)75(56-21-8-3-9-22-56)68-44-43-61-60-25-13-29-65-72(60)74(64-28-14-26-62(68)70(61)64)66-30-12-24-59-58-23-10-19-55-20-11-27-63(69(55)58)73(65)71(59)66/h3,8-14,19-47H,1-2,4-7,15-18H2. The summed E-state index contributed by atoms with van der Waals surface area (Å²) >= 11 is 0. The van der Waals surface area contributed by atoms with Crippen molar-refractivity contribution < 1.29 is 0 Å². The van der Waals surface area contributed by atoms with Crippen LogP contribution < -0.4 is 4.90 Å². The lowest BCUT2D eigenvalue weighted by Crippen LogP contribution is -2.10. The molecule has 0 N–H and O–H groups in total. The normalized spacial score (nSPS) is 14.3. The smallest absolute Gasteiger partial charge is 0.0540 e. The van der Waals surface area contributed by atoms with E-state index in [4.69, 9.17) is 0 Å². The molecule has 0 bridgehead atoms. The van der Waals surface area contributed by atoms with Crippen LogP contribution in [0.25, 0.3) is 110 Å². The average Bonchev–Trinajstić information content (AvgIpc) is 3.56. The Hall–Kier alpha value is -8.52. The lowest BCUT2D eigenvalue weighted by molar-refractivity contribution is 0.602. The van der Waals surface area contributed by atoms with E-state index in [-0.39, 0.29) is 0 Å². The van der Waals surface area contributed by atoms with Crippen LogP contribution in [0.2, 0.25) is 0 Å². The molecule has 1 nitrogen and oxygen atoms in total. The summed E-state index contributed by atoms with van der Waals surface area (Å²) in [5.41, 5.74) is 14.1. The van der Waals surface area contributed by atoms with Crippen LogP contribution in [-0.2, 0) is 0 Å². The van der Waals surface area contributed by atoms with Crippen LogP contribution in [0.5, 0.6) is 0 Å². The number of para-hydroxylation sites is 1. The molecule has 2 aliphatic carbocycles. The highest BCUT2D eigenvalue weighted by Gasteiger charge is 2.24. The van der Waals surface area contributed by atoms with Gasteiger partial charge in [-0.3, -0.25) is 0 Å². The van der Waals surface area contributed by atoms with Gasteiger partial charge in [0.2, 0.25) is 0 Å². The number of anilines is 3. The third kappa shape index (κ3) is 7.43. The molecule has 13 aromatic carbocycles. The van der Waals surface area contributed by atoms with Crippen molar-refractivity contribution in [3.63, 3.8) is 0 Å². The first-order chi connectivity index (χ1) is 37.2. The highest BCUT2D eigenvalue weighted by atomic mass is 15.1. The minimum atomic E-state index is 1.12. The van der Waals surface area contributed by atoms with E-state index in [1.165, 1.54) is 184 Å². The Kier molecular flexibility index (Phi) is 10.6. The van der Waals surface area contributed by atoms with Crippen LogP contribution in [0, 0.1) is 0 Å². The van der Waals surface area contributed by atoms with Gasteiger partial charge >= 0.3 is 0 Å². The highest BCUT2D eigenvalue weighted by molar-refractivity contribution is 6.48. The lowest BCUT2D eigenvalue weighted by atomic mass is 9.82. The molecule has 1 heteroatoms. The summed E-state index contributed by atoms with van der Waals surface area (Å²) in [5, 5.41) is 21.1. The van der Waals surface area contributed by atoms with Gasteiger partial charge < -0.3 is 4.90 Å². The van der Waals surface area contributed by atoms with Gasteiger partial charge in [0.1, 0.15) is 0 Å². The quantitative estimate of drug-likeness (QED) is 0.0833. The van der Waals surface area contributed by atoms with E-state index in [2.05, 4.69) is 229 Å². The molecule has 2 saturated carbocycles. The van der Waals surface area contributed by atoms with Gasteiger partial charge in [-0.05, 0) is 202 Å². The van der Waals surface area contributed by atoms with E-state index >= 15 is 0 Å². The van der Waals surface area contributed by atoms with Crippen molar-refractivity contribution in [1.29, 1.82) is 0 Å². The molecule has 0 aliphatic heterocycles. The van der Waals surface area contributed by atoms with Gasteiger partial charge in [0.25, 0.3) is 0 Å². The van der Waals surface area contributed by atoms with Crippen molar-refractivity contribution in [2.24, 2.45) is 0 Å². The van der Waals surface area contributed by atoms with Crippen molar-refractivity contribution in [1.82, 2.24) is 0 Å². The van der Waals surface area contributed by atoms with Gasteiger partial charge in [0, 0.05) is 16.8 Å². The molecule has 358 valence electrons. The van der Waals surface area contributed by atoms with E-state index in [0.29, 0.717) is 0 Å². The zero-order chi connectivity index (χ0) is 49.4. The predicted molar refractivity (Wildman–Crippen MR) is 326 cm³/mol. The summed E-state index contributed by atoms with van der Waals surface area (Å²) in [6.07, 6.45) is 20.2. The van der Waals surface area contributed by atoms with Crippen molar-refractivity contribution >= 4 is 127 Å². The fourth-order valence-electron chi connectivity index (χ4n) is 13.6. The van der Waals surface area contributed by atoms with Crippen molar-refractivity contribution in [3.05, 3.63) is 245 Å². The Morgan fingerprint density at radius 3 is 1.25 bits per heavy atom. The average molecular weight is 960 g/mol. The second-order valence-electron chi connectivity index (χ2n) is 21.6. The third-order valence-electron chi connectivity index (χ3n) is 17.1. The summed E-state index contributed by atoms with van der Waals surface area (Å²) in [5.74, 6) is 0. The van der Waals surface area contributed by atoms with Gasteiger partial charge in [-0.2, -0.15) is 0 Å². The molecule has 0 radical (unpaired) electrons. The zero-order valence-electron chi connectivity index (χ0n) is 42.4. The van der Waals surface area contributed by atoms with E-state index < -0.39 is 0 Å². The molecule has 13 aromatic rings. The molecule has 15 rings (SSSR count). The number of rotatable bonds is 8. The second-order valence-corrected chi connectivity index (χ2v) is 21.6. The van der Waals surface area contributed by atoms with Crippen molar-refractivity contribution in [2.75, 3.05) is 4.90 Å². The molecule has 75 heavy (non-hydrogen) atoms. The lowest BCUT2D eigenvalue weighted by Gasteiger charge is -2.28. The first-order valence-electron chi connectivity index (χ1n) is 27.6. The largest absolute Gasteiger partial charge is 0.310 e. The highest BCUT2D eigenvalue weighted by Crippen LogP contribution is 2.52. The number of hydrogen-bond acceptors (Lipinski definition) is 1. The van der Waals surface area contributed by atoms with Crippen LogP contribution in [-0.4, -0.2) is 0 Å². The van der Waals surface area contributed by atoms with Crippen molar-refractivity contribution in [2.45, 2.75) is 64.2 Å². The SMILES string of the molecule is C(=C1CCCCC1)c1ccc(C(=Cc2ccc(N(c3ccccc3)c3ccc4c5cccc6c5c(c5cccc3c45)c3cccc4c5cccc7cccc(c75)c6c43)cc2)c2ccc(C=C3CCCCC3)cc2)cc1. The molecule has 2 fully saturated rings. The molecular formula is C74H57N. The van der Waals surface area contributed by atoms with Gasteiger partial charge in [-0.15, -0.1) is 0 Å². The maximum atomic E-state index is 2.46. The summed E-state index contributed by atoms with van der Waals surface area (Å²) in [6, 6.07) is 78.2. The number of benzene rings is 13. The molecule has 2 aliphatic rings. The van der Waals surface area contributed by atoms with Crippen LogP contribution in [0.4, 0.5) is 17.1 Å². The number of allylic oxidation sites excluding steroid dienone is 2. The van der Waals surface area contributed by atoms with Crippen LogP contribution in [0.15, 0.2) is 217 Å². The maximum absolute atomic E-state index is 2.46. The molecule has 0 amide bonds. The van der Waals surface area contributed by atoms with Gasteiger partial charge in [-0.1, -0.05) is 212 Å². The first-order valence-corrected chi connectivity index (χ1v) is 27.6. The molecule has 0 saturated heterocycles. The maximum Gasteiger partial charge on any atom is 0.0540 e. The van der Waals surface area contributed by atoms with Crippen LogP contribution in [0.3, 0.4) is 0 Å². The Bertz CT molecular complexity index is 4320. The van der Waals surface area contributed by atoms with E-state index in [1.807, 2.05) is 0 Å². The Balaban J connectivity index is 0.877. The summed E-state index contributed by atoms with van der Waals surface area (Å²) < 4.78 is 0. The molecule has 0 unspecified atom stereocenters. The number of fused-ring (bicyclic) bond motifs is 6. The fraction of sp³-hybridized carbons (Fsp3) is 0.135. The first kappa shape index (κ1) is 44.0. The minimum Gasteiger partial charge on any atom is -0.310 e. The van der Waals surface area contributed by atoms with Gasteiger partial charge in [-0.25, -0.2) is 0 Å². The summed E-state index contributed by atoms with van der Waals surface area (Å²) in [7, 11) is 0. The number of hydrogen-bond donors (Lipinski definition) is 0. The molecular weight excluding hydrogens is 903 g/mol. The summed E-state index contributed by atoms with van der Waals surface area (Å²) in [6.45, 7) is 0. The fourth-order valence-corrected chi connectivity index (χ4v) is 13.6. The topological polar surface area (TPSA) is 3.24 Å². The Morgan fingerprint density at radius 2 is 0.707 bits per heavy atom. The van der Waals surface area contributed by atoms with E-state index in [1.54, 1.807) is 11.1 Å².